The van der Waals surface area contributed by atoms with E-state index in [-0.39, 0.29) is 11.8 Å². The average Bonchev–Trinajstić information content (AvgIpc) is 2.93. The number of piperidine rings is 1. The van der Waals surface area contributed by atoms with Gasteiger partial charge < -0.3 is 14.6 Å². The Morgan fingerprint density at radius 2 is 2.00 bits per heavy atom. The summed E-state index contributed by atoms with van der Waals surface area (Å²) in [6.07, 6.45) is 6.35. The van der Waals surface area contributed by atoms with Crippen molar-refractivity contribution in [1.29, 1.82) is 0 Å². The molecule has 1 N–H and O–H groups in total. The van der Waals surface area contributed by atoms with Crippen molar-refractivity contribution in [2.75, 3.05) is 13.1 Å². The minimum Gasteiger partial charge on any atom is -0.390 e. The van der Waals surface area contributed by atoms with Crippen LogP contribution in [0.1, 0.15) is 38.3 Å². The summed E-state index contributed by atoms with van der Waals surface area (Å²) in [4.78, 5) is 19.3. The van der Waals surface area contributed by atoms with Crippen LogP contribution >= 0.6 is 0 Å². The van der Waals surface area contributed by atoms with Crippen molar-refractivity contribution in [2.24, 2.45) is 18.9 Å². The summed E-state index contributed by atoms with van der Waals surface area (Å²) in [5.41, 5.74) is 1.57. The van der Waals surface area contributed by atoms with Crippen LogP contribution in [0.25, 0.3) is 11.0 Å². The Balaban J connectivity index is 1.32. The van der Waals surface area contributed by atoms with E-state index in [0.29, 0.717) is 18.8 Å². The molecule has 2 aromatic rings. The number of carbonyl (C=O) groups excluding carboxylic acids is 1. The highest BCUT2D eigenvalue weighted by Crippen LogP contribution is 2.39. The Morgan fingerprint density at radius 1 is 1.28 bits per heavy atom. The molecule has 5 nitrogen and oxygen atoms in total. The first-order chi connectivity index (χ1) is 11.9. The molecule has 1 aliphatic heterocycles. The lowest BCUT2D eigenvalue weighted by Crippen LogP contribution is -2.51. The molecular formula is C20H27N3O2. The van der Waals surface area contributed by atoms with E-state index in [0.717, 1.165) is 43.7 Å². The Kier molecular flexibility index (Phi) is 4.07. The van der Waals surface area contributed by atoms with E-state index in [4.69, 9.17) is 4.98 Å². The molecule has 2 aromatic heterocycles. The Hall–Kier alpha value is -1.88. The van der Waals surface area contributed by atoms with E-state index in [2.05, 4.69) is 22.8 Å². The maximum atomic E-state index is 12.5. The SMILES string of the molecule is Cn1ccc2ccc(CC3CCN(C(=O)C4CC(C)(O)C4)CC3)nc21. The van der Waals surface area contributed by atoms with Gasteiger partial charge in [0, 0.05) is 43.3 Å². The van der Waals surface area contributed by atoms with E-state index in [1.807, 2.05) is 25.1 Å². The molecule has 3 heterocycles. The lowest BCUT2D eigenvalue weighted by molar-refractivity contribution is -0.151. The molecule has 0 radical (unpaired) electrons. The zero-order valence-corrected chi connectivity index (χ0v) is 15.1. The number of rotatable bonds is 3. The second-order valence-electron chi connectivity index (χ2n) is 8.22. The number of amides is 1. The molecule has 5 heteroatoms. The van der Waals surface area contributed by atoms with Crippen molar-refractivity contribution in [3.63, 3.8) is 0 Å². The largest absolute Gasteiger partial charge is 0.390 e. The predicted molar refractivity (Wildman–Crippen MR) is 97.1 cm³/mol. The molecule has 0 bridgehead atoms. The lowest BCUT2D eigenvalue weighted by atomic mass is 9.71. The summed E-state index contributed by atoms with van der Waals surface area (Å²) in [6.45, 7) is 3.50. The smallest absolute Gasteiger partial charge is 0.225 e. The van der Waals surface area contributed by atoms with E-state index in [1.165, 1.54) is 5.39 Å². The normalized spacial score (nSPS) is 27.5. The molecule has 1 amide bonds. The second kappa shape index (κ2) is 6.13. The number of pyridine rings is 1. The molecule has 25 heavy (non-hydrogen) atoms. The van der Waals surface area contributed by atoms with E-state index < -0.39 is 5.60 Å². The number of aliphatic hydroxyl groups is 1. The standard InChI is InChI=1S/C20H27N3O2/c1-20(25)12-16(13-20)19(24)23-9-5-14(6-10-23)11-17-4-3-15-7-8-22(2)18(15)21-17/h3-4,7-8,14,16,25H,5-6,9-13H2,1-2H3. The van der Waals surface area contributed by atoms with Crippen LogP contribution in [0.2, 0.25) is 0 Å². The van der Waals surface area contributed by atoms with Crippen molar-refractivity contribution >= 4 is 16.9 Å². The third kappa shape index (κ3) is 3.30. The number of hydrogen-bond donors (Lipinski definition) is 1. The van der Waals surface area contributed by atoms with Gasteiger partial charge in [-0.3, -0.25) is 4.79 Å². The van der Waals surface area contributed by atoms with Gasteiger partial charge >= 0.3 is 0 Å². The molecule has 0 aromatic carbocycles. The molecule has 0 unspecified atom stereocenters. The lowest BCUT2D eigenvalue weighted by Gasteiger charge is -2.43. The van der Waals surface area contributed by atoms with Crippen LogP contribution < -0.4 is 0 Å². The van der Waals surface area contributed by atoms with Crippen LogP contribution in [-0.4, -0.2) is 44.2 Å². The van der Waals surface area contributed by atoms with Gasteiger partial charge in [0.1, 0.15) is 5.65 Å². The van der Waals surface area contributed by atoms with Crippen LogP contribution in [0.5, 0.6) is 0 Å². The zero-order chi connectivity index (χ0) is 17.6. The molecule has 4 rings (SSSR count). The van der Waals surface area contributed by atoms with E-state index >= 15 is 0 Å². The van der Waals surface area contributed by atoms with Gasteiger partial charge in [-0.05, 0) is 63.1 Å². The van der Waals surface area contributed by atoms with Gasteiger partial charge in [-0.2, -0.15) is 0 Å². The fourth-order valence-corrected chi connectivity index (χ4v) is 4.38. The highest BCUT2D eigenvalue weighted by molar-refractivity contribution is 5.80. The van der Waals surface area contributed by atoms with Gasteiger partial charge in [-0.1, -0.05) is 0 Å². The number of aryl methyl sites for hydroxylation is 1. The summed E-state index contributed by atoms with van der Waals surface area (Å²) in [7, 11) is 2.03. The van der Waals surface area contributed by atoms with Crippen LogP contribution in [0.15, 0.2) is 24.4 Å². The maximum Gasteiger partial charge on any atom is 0.225 e. The minimum atomic E-state index is -0.625. The third-order valence-corrected chi connectivity index (χ3v) is 5.92. The summed E-state index contributed by atoms with van der Waals surface area (Å²) >= 11 is 0. The fraction of sp³-hybridized carbons (Fsp3) is 0.600. The maximum absolute atomic E-state index is 12.5. The predicted octanol–water partition coefficient (Wildman–Crippen LogP) is 2.52. The quantitative estimate of drug-likeness (QED) is 0.933. The van der Waals surface area contributed by atoms with Crippen molar-refractivity contribution in [3.8, 4) is 0 Å². The average molecular weight is 341 g/mol. The number of fused-ring (bicyclic) bond motifs is 1. The molecule has 1 saturated heterocycles. The molecule has 1 saturated carbocycles. The Morgan fingerprint density at radius 3 is 2.68 bits per heavy atom. The molecule has 134 valence electrons. The van der Waals surface area contributed by atoms with Gasteiger partial charge in [-0.15, -0.1) is 0 Å². The monoisotopic (exact) mass is 341 g/mol. The van der Waals surface area contributed by atoms with Crippen molar-refractivity contribution < 1.29 is 9.90 Å². The van der Waals surface area contributed by atoms with Crippen molar-refractivity contribution in [3.05, 3.63) is 30.1 Å². The summed E-state index contributed by atoms with van der Waals surface area (Å²) in [5.74, 6) is 0.875. The second-order valence-corrected chi connectivity index (χ2v) is 8.22. The number of aromatic nitrogens is 2. The fourth-order valence-electron chi connectivity index (χ4n) is 4.38. The Bertz CT molecular complexity index is 779. The molecular weight excluding hydrogens is 314 g/mol. The van der Waals surface area contributed by atoms with Crippen LogP contribution in [0.3, 0.4) is 0 Å². The molecule has 2 fully saturated rings. The Labute approximate surface area is 148 Å². The first-order valence-corrected chi connectivity index (χ1v) is 9.33. The molecule has 2 aliphatic rings. The van der Waals surface area contributed by atoms with Crippen molar-refractivity contribution in [2.45, 2.75) is 44.6 Å². The first kappa shape index (κ1) is 16.6. The topological polar surface area (TPSA) is 58.4 Å². The number of hydrogen-bond acceptors (Lipinski definition) is 3. The minimum absolute atomic E-state index is 0.0352. The number of carbonyl (C=O) groups is 1. The van der Waals surface area contributed by atoms with E-state index in [1.54, 1.807) is 0 Å². The van der Waals surface area contributed by atoms with Gasteiger partial charge in [0.25, 0.3) is 0 Å². The number of likely N-dealkylation sites (tertiary alicyclic amines) is 1. The molecule has 1 aliphatic carbocycles. The zero-order valence-electron chi connectivity index (χ0n) is 15.1. The highest BCUT2D eigenvalue weighted by atomic mass is 16.3. The highest BCUT2D eigenvalue weighted by Gasteiger charge is 2.44. The van der Waals surface area contributed by atoms with E-state index in [9.17, 15) is 9.90 Å². The van der Waals surface area contributed by atoms with Crippen molar-refractivity contribution in [1.82, 2.24) is 14.5 Å². The van der Waals surface area contributed by atoms with Gasteiger partial charge in [0.2, 0.25) is 5.91 Å². The summed E-state index contributed by atoms with van der Waals surface area (Å²) in [6, 6.07) is 6.38. The van der Waals surface area contributed by atoms with Crippen LogP contribution in [-0.2, 0) is 18.3 Å². The number of nitrogens with zero attached hydrogens (tertiary/aromatic N) is 3. The van der Waals surface area contributed by atoms with Crippen LogP contribution in [0, 0.1) is 11.8 Å². The van der Waals surface area contributed by atoms with Gasteiger partial charge in [0.15, 0.2) is 0 Å². The molecule has 0 atom stereocenters. The first-order valence-electron chi connectivity index (χ1n) is 9.33. The third-order valence-electron chi connectivity index (χ3n) is 5.92. The summed E-state index contributed by atoms with van der Waals surface area (Å²) < 4.78 is 2.06. The summed E-state index contributed by atoms with van der Waals surface area (Å²) in [5, 5.41) is 11.0. The van der Waals surface area contributed by atoms with Gasteiger partial charge in [-0.25, -0.2) is 4.98 Å². The van der Waals surface area contributed by atoms with Crippen LogP contribution in [0.4, 0.5) is 0 Å². The van der Waals surface area contributed by atoms with Gasteiger partial charge in [0.05, 0.1) is 5.60 Å². The molecule has 0 spiro atoms.